The lowest BCUT2D eigenvalue weighted by Crippen LogP contribution is -2.50. The van der Waals surface area contributed by atoms with E-state index in [1.54, 1.807) is 0 Å². The Kier molecular flexibility index (Phi) is 5.83. The van der Waals surface area contributed by atoms with E-state index in [4.69, 9.17) is 0 Å². The van der Waals surface area contributed by atoms with Crippen LogP contribution in [0.5, 0.6) is 0 Å². The molecule has 0 aromatic carbocycles. The predicted octanol–water partition coefficient (Wildman–Crippen LogP) is 3.60. The van der Waals surface area contributed by atoms with Crippen molar-refractivity contribution in [2.24, 2.45) is 11.3 Å². The molecule has 1 aliphatic carbocycles. The normalized spacial score (nSPS) is 28.8. The van der Waals surface area contributed by atoms with Gasteiger partial charge in [-0.25, -0.2) is 0 Å². The number of hydrogen-bond donors (Lipinski definition) is 0. The van der Waals surface area contributed by atoms with Crippen LogP contribution < -0.4 is 0 Å². The molecular formula is C20H34N2O2. The molecule has 1 saturated carbocycles. The third kappa shape index (κ3) is 3.78. The number of nitrogens with zero attached hydrogens (tertiary/aromatic N) is 2. The summed E-state index contributed by atoms with van der Waals surface area (Å²) in [6.07, 6.45) is 12.5. The zero-order valence-electron chi connectivity index (χ0n) is 15.4. The molecule has 4 heteroatoms. The SMILES string of the molecule is CCCC(=O)N1CCC2(CCCN(CCC3CCCCC3)C2=O)C1. The van der Waals surface area contributed by atoms with Crippen LogP contribution in [0, 0.1) is 11.3 Å². The summed E-state index contributed by atoms with van der Waals surface area (Å²) in [7, 11) is 0. The molecule has 0 N–H and O–H groups in total. The second-order valence-corrected chi connectivity index (χ2v) is 8.28. The molecule has 0 radical (unpaired) electrons. The molecule has 2 amide bonds. The Hall–Kier alpha value is -1.06. The van der Waals surface area contributed by atoms with Crippen molar-refractivity contribution in [2.45, 2.75) is 77.6 Å². The standard InChI is InChI=1S/C20H34N2O2/c1-2-7-18(23)22-15-12-20(16-22)11-6-13-21(19(20)24)14-10-17-8-4-3-5-9-17/h17H,2-16H2,1H3. The van der Waals surface area contributed by atoms with Gasteiger partial charge in [0.2, 0.25) is 11.8 Å². The maximum absolute atomic E-state index is 13.1. The number of likely N-dealkylation sites (tertiary alicyclic amines) is 2. The minimum absolute atomic E-state index is 0.238. The van der Waals surface area contributed by atoms with Crippen molar-refractivity contribution < 1.29 is 9.59 Å². The van der Waals surface area contributed by atoms with E-state index in [1.165, 1.54) is 38.5 Å². The maximum atomic E-state index is 13.1. The molecule has 2 aliphatic heterocycles. The van der Waals surface area contributed by atoms with Gasteiger partial charge in [0.25, 0.3) is 0 Å². The molecule has 1 spiro atoms. The van der Waals surface area contributed by atoms with Crippen LogP contribution in [0.3, 0.4) is 0 Å². The lowest BCUT2D eigenvalue weighted by atomic mass is 9.78. The Morgan fingerprint density at radius 1 is 1.12 bits per heavy atom. The van der Waals surface area contributed by atoms with Gasteiger partial charge in [0.1, 0.15) is 0 Å². The summed E-state index contributed by atoms with van der Waals surface area (Å²) in [4.78, 5) is 29.4. The molecule has 3 aliphatic rings. The third-order valence-corrected chi connectivity index (χ3v) is 6.53. The van der Waals surface area contributed by atoms with Gasteiger partial charge in [0.15, 0.2) is 0 Å². The van der Waals surface area contributed by atoms with Gasteiger partial charge in [0, 0.05) is 32.6 Å². The quantitative estimate of drug-likeness (QED) is 0.771. The Morgan fingerprint density at radius 3 is 2.67 bits per heavy atom. The fourth-order valence-electron chi connectivity index (χ4n) is 5.02. The maximum Gasteiger partial charge on any atom is 0.230 e. The summed E-state index contributed by atoms with van der Waals surface area (Å²) in [5, 5.41) is 0. The first kappa shape index (κ1) is 17.8. The van der Waals surface area contributed by atoms with Crippen molar-refractivity contribution in [2.75, 3.05) is 26.2 Å². The molecule has 136 valence electrons. The number of amides is 2. The Balaban J connectivity index is 1.55. The lowest BCUT2D eigenvalue weighted by molar-refractivity contribution is -0.146. The van der Waals surface area contributed by atoms with Crippen LogP contribution in [-0.4, -0.2) is 47.8 Å². The average Bonchev–Trinajstić information content (AvgIpc) is 3.03. The molecule has 0 aromatic rings. The summed E-state index contributed by atoms with van der Waals surface area (Å²) < 4.78 is 0. The monoisotopic (exact) mass is 334 g/mol. The highest BCUT2D eigenvalue weighted by molar-refractivity contribution is 5.86. The van der Waals surface area contributed by atoms with E-state index in [-0.39, 0.29) is 11.3 Å². The molecule has 4 nitrogen and oxygen atoms in total. The molecule has 3 rings (SSSR count). The van der Waals surface area contributed by atoms with Crippen molar-refractivity contribution >= 4 is 11.8 Å². The van der Waals surface area contributed by atoms with Gasteiger partial charge in [-0.3, -0.25) is 9.59 Å². The van der Waals surface area contributed by atoms with Crippen LogP contribution in [-0.2, 0) is 9.59 Å². The Bertz CT molecular complexity index is 459. The van der Waals surface area contributed by atoms with Gasteiger partial charge in [0.05, 0.1) is 5.41 Å². The van der Waals surface area contributed by atoms with E-state index < -0.39 is 0 Å². The van der Waals surface area contributed by atoms with Crippen molar-refractivity contribution in [3.8, 4) is 0 Å². The predicted molar refractivity (Wildman–Crippen MR) is 95.5 cm³/mol. The molecule has 0 bridgehead atoms. The first-order valence-electron chi connectivity index (χ1n) is 10.2. The van der Waals surface area contributed by atoms with E-state index in [1.807, 2.05) is 11.8 Å². The van der Waals surface area contributed by atoms with E-state index in [2.05, 4.69) is 4.90 Å². The van der Waals surface area contributed by atoms with Crippen molar-refractivity contribution in [1.82, 2.24) is 9.80 Å². The summed E-state index contributed by atoms with van der Waals surface area (Å²) in [6, 6.07) is 0. The summed E-state index contributed by atoms with van der Waals surface area (Å²) in [5.41, 5.74) is -0.256. The highest BCUT2D eigenvalue weighted by Crippen LogP contribution is 2.40. The second kappa shape index (κ2) is 7.88. The van der Waals surface area contributed by atoms with E-state index in [0.29, 0.717) is 18.9 Å². The average molecular weight is 335 g/mol. The number of piperidine rings is 1. The molecule has 3 fully saturated rings. The Morgan fingerprint density at radius 2 is 1.92 bits per heavy atom. The van der Waals surface area contributed by atoms with Gasteiger partial charge >= 0.3 is 0 Å². The smallest absolute Gasteiger partial charge is 0.230 e. The summed E-state index contributed by atoms with van der Waals surface area (Å²) in [5.74, 6) is 1.41. The topological polar surface area (TPSA) is 40.6 Å². The van der Waals surface area contributed by atoms with Gasteiger partial charge in [-0.15, -0.1) is 0 Å². The van der Waals surface area contributed by atoms with Crippen LogP contribution in [0.4, 0.5) is 0 Å². The molecule has 1 unspecified atom stereocenters. The van der Waals surface area contributed by atoms with Crippen LogP contribution in [0.25, 0.3) is 0 Å². The van der Waals surface area contributed by atoms with Crippen molar-refractivity contribution in [1.29, 1.82) is 0 Å². The molecule has 2 heterocycles. The van der Waals surface area contributed by atoms with Gasteiger partial charge < -0.3 is 9.80 Å². The van der Waals surface area contributed by atoms with Crippen LogP contribution in [0.15, 0.2) is 0 Å². The minimum atomic E-state index is -0.256. The largest absolute Gasteiger partial charge is 0.342 e. The summed E-state index contributed by atoms with van der Waals surface area (Å²) in [6.45, 7) is 5.36. The van der Waals surface area contributed by atoms with Crippen molar-refractivity contribution in [3.63, 3.8) is 0 Å². The van der Waals surface area contributed by atoms with Crippen LogP contribution in [0.1, 0.15) is 77.6 Å². The van der Waals surface area contributed by atoms with Crippen molar-refractivity contribution in [3.05, 3.63) is 0 Å². The molecule has 2 saturated heterocycles. The fraction of sp³-hybridized carbons (Fsp3) is 0.900. The molecule has 0 aromatic heterocycles. The van der Waals surface area contributed by atoms with E-state index in [9.17, 15) is 9.59 Å². The first-order valence-corrected chi connectivity index (χ1v) is 10.2. The summed E-state index contributed by atoms with van der Waals surface area (Å²) >= 11 is 0. The Labute approximate surface area is 146 Å². The van der Waals surface area contributed by atoms with Crippen LogP contribution in [0.2, 0.25) is 0 Å². The zero-order valence-corrected chi connectivity index (χ0v) is 15.4. The van der Waals surface area contributed by atoms with Gasteiger partial charge in [-0.2, -0.15) is 0 Å². The fourth-order valence-corrected chi connectivity index (χ4v) is 5.02. The third-order valence-electron chi connectivity index (χ3n) is 6.53. The lowest BCUT2D eigenvalue weighted by Gasteiger charge is -2.40. The minimum Gasteiger partial charge on any atom is -0.342 e. The number of carbonyl (C=O) groups excluding carboxylic acids is 2. The highest BCUT2D eigenvalue weighted by Gasteiger charge is 2.49. The first-order chi connectivity index (χ1) is 11.6. The highest BCUT2D eigenvalue weighted by atomic mass is 16.2. The molecule has 1 atom stereocenters. The molecular weight excluding hydrogens is 300 g/mol. The van der Waals surface area contributed by atoms with E-state index in [0.717, 1.165) is 51.2 Å². The zero-order chi connectivity index (χ0) is 17.0. The number of carbonyl (C=O) groups is 2. The van der Waals surface area contributed by atoms with Gasteiger partial charge in [-0.05, 0) is 38.0 Å². The van der Waals surface area contributed by atoms with Crippen LogP contribution >= 0.6 is 0 Å². The second-order valence-electron chi connectivity index (χ2n) is 8.28. The number of hydrogen-bond acceptors (Lipinski definition) is 2. The molecule has 24 heavy (non-hydrogen) atoms. The van der Waals surface area contributed by atoms with E-state index >= 15 is 0 Å². The van der Waals surface area contributed by atoms with Gasteiger partial charge in [-0.1, -0.05) is 39.0 Å². The number of rotatable bonds is 5.